The number of ether oxygens (including phenoxy) is 1. The van der Waals surface area contributed by atoms with E-state index in [9.17, 15) is 13.2 Å². The molecule has 0 radical (unpaired) electrons. The summed E-state index contributed by atoms with van der Waals surface area (Å²) in [4.78, 5) is 0. The fraction of sp³-hybridized carbons (Fsp3) is 0.250. The van der Waals surface area contributed by atoms with Crippen LogP contribution in [0, 0.1) is 3.57 Å². The average molecular weight is 336 g/mol. The molecule has 0 aliphatic carbocycles. The van der Waals surface area contributed by atoms with Gasteiger partial charge >= 0.3 is 6.18 Å². The summed E-state index contributed by atoms with van der Waals surface area (Å²) in [5, 5.41) is 0.0391. The molecule has 78 valence electrons. The topological polar surface area (TPSA) is 9.23 Å². The van der Waals surface area contributed by atoms with Gasteiger partial charge in [-0.15, -0.1) is 0 Å². The van der Waals surface area contributed by atoms with Gasteiger partial charge in [0, 0.05) is 0 Å². The molecule has 0 saturated carbocycles. The molecule has 0 heterocycles. The van der Waals surface area contributed by atoms with Gasteiger partial charge in [-0.2, -0.15) is 13.2 Å². The Labute approximate surface area is 97.3 Å². The molecule has 0 aliphatic rings. The summed E-state index contributed by atoms with van der Waals surface area (Å²) >= 11 is 7.44. The number of hydrogen-bond donors (Lipinski definition) is 0. The van der Waals surface area contributed by atoms with Gasteiger partial charge in [0.05, 0.1) is 21.3 Å². The van der Waals surface area contributed by atoms with Crippen molar-refractivity contribution in [2.24, 2.45) is 0 Å². The second-order valence-corrected chi connectivity index (χ2v) is 3.96. The molecule has 0 N–H and O–H groups in total. The van der Waals surface area contributed by atoms with Crippen LogP contribution in [0.2, 0.25) is 5.02 Å². The van der Waals surface area contributed by atoms with Crippen molar-refractivity contribution in [1.29, 1.82) is 0 Å². The normalized spacial score (nSPS) is 11.6. The van der Waals surface area contributed by atoms with E-state index in [1.807, 2.05) is 22.6 Å². The van der Waals surface area contributed by atoms with Crippen LogP contribution in [-0.2, 0) is 6.18 Å². The lowest BCUT2D eigenvalue weighted by atomic mass is 10.2. The maximum absolute atomic E-state index is 12.3. The zero-order valence-corrected chi connectivity index (χ0v) is 9.87. The Balaban J connectivity index is 3.30. The van der Waals surface area contributed by atoms with Crippen LogP contribution in [0.15, 0.2) is 12.1 Å². The van der Waals surface area contributed by atoms with Gasteiger partial charge in [-0.3, -0.25) is 0 Å². The smallest absolute Gasteiger partial charge is 0.416 e. The second-order valence-electron chi connectivity index (χ2n) is 2.47. The van der Waals surface area contributed by atoms with Crippen LogP contribution in [0.25, 0.3) is 0 Å². The molecule has 0 aromatic heterocycles. The van der Waals surface area contributed by atoms with Crippen LogP contribution in [-0.4, -0.2) is 7.11 Å². The number of benzene rings is 1. The fourth-order valence-electron chi connectivity index (χ4n) is 0.876. The molecular weight excluding hydrogens is 331 g/mol. The molecule has 1 aromatic carbocycles. The van der Waals surface area contributed by atoms with Crippen molar-refractivity contribution in [3.8, 4) is 5.75 Å². The molecule has 0 saturated heterocycles. The van der Waals surface area contributed by atoms with Gasteiger partial charge in [0.15, 0.2) is 0 Å². The van der Waals surface area contributed by atoms with Crippen LogP contribution in [0.3, 0.4) is 0 Å². The molecule has 1 nitrogen and oxygen atoms in total. The first kappa shape index (κ1) is 11.9. The fourth-order valence-corrected chi connectivity index (χ4v) is 1.62. The molecule has 6 heteroatoms. The van der Waals surface area contributed by atoms with Gasteiger partial charge in [0.2, 0.25) is 0 Å². The van der Waals surface area contributed by atoms with Gasteiger partial charge < -0.3 is 4.74 Å². The molecule has 1 aromatic rings. The van der Waals surface area contributed by atoms with Crippen molar-refractivity contribution >= 4 is 34.2 Å². The summed E-state index contributed by atoms with van der Waals surface area (Å²) < 4.78 is 42.1. The molecule has 1 rings (SSSR count). The Morgan fingerprint density at radius 2 is 1.93 bits per heavy atom. The molecule has 0 bridgehead atoms. The van der Waals surface area contributed by atoms with Crippen LogP contribution in [0.4, 0.5) is 13.2 Å². The maximum Gasteiger partial charge on any atom is 0.416 e. The van der Waals surface area contributed by atoms with E-state index >= 15 is 0 Å². The molecule has 0 atom stereocenters. The average Bonchev–Trinajstić information content (AvgIpc) is 2.07. The minimum absolute atomic E-state index is 0.0391. The van der Waals surface area contributed by atoms with Crippen LogP contribution < -0.4 is 4.74 Å². The summed E-state index contributed by atoms with van der Waals surface area (Å²) in [6, 6.07) is 1.81. The van der Waals surface area contributed by atoms with Gasteiger partial charge in [-0.25, -0.2) is 0 Å². The van der Waals surface area contributed by atoms with Crippen molar-refractivity contribution in [2.75, 3.05) is 7.11 Å². The molecule has 0 aliphatic heterocycles. The van der Waals surface area contributed by atoms with E-state index in [-0.39, 0.29) is 10.8 Å². The highest BCUT2D eigenvalue weighted by Gasteiger charge is 2.32. The number of alkyl halides is 3. The summed E-state index contributed by atoms with van der Waals surface area (Å²) in [5.74, 6) is 0.130. The lowest BCUT2D eigenvalue weighted by molar-refractivity contribution is -0.137. The SMILES string of the molecule is COc1cc(C(F)(F)F)cc(Cl)c1I. The second kappa shape index (κ2) is 4.14. The zero-order chi connectivity index (χ0) is 10.9. The lowest BCUT2D eigenvalue weighted by Gasteiger charge is -2.11. The van der Waals surface area contributed by atoms with E-state index in [0.29, 0.717) is 3.57 Å². The van der Waals surface area contributed by atoms with E-state index < -0.39 is 11.7 Å². The predicted molar refractivity (Wildman–Crippen MR) is 55.7 cm³/mol. The van der Waals surface area contributed by atoms with Crippen molar-refractivity contribution in [3.63, 3.8) is 0 Å². The number of hydrogen-bond acceptors (Lipinski definition) is 1. The molecular formula is C8H5ClF3IO. The van der Waals surface area contributed by atoms with Gasteiger partial charge in [-0.1, -0.05) is 11.6 Å². The van der Waals surface area contributed by atoms with E-state index in [2.05, 4.69) is 0 Å². The highest BCUT2D eigenvalue weighted by molar-refractivity contribution is 14.1. The van der Waals surface area contributed by atoms with Crippen LogP contribution in [0.5, 0.6) is 5.75 Å². The zero-order valence-electron chi connectivity index (χ0n) is 6.95. The first-order valence-corrected chi connectivity index (χ1v) is 4.92. The van der Waals surface area contributed by atoms with E-state index in [0.717, 1.165) is 12.1 Å². The highest BCUT2D eigenvalue weighted by Crippen LogP contribution is 2.37. The molecule has 0 unspecified atom stereocenters. The van der Waals surface area contributed by atoms with Crippen molar-refractivity contribution in [1.82, 2.24) is 0 Å². The quantitative estimate of drug-likeness (QED) is 0.705. The maximum atomic E-state index is 12.3. The Morgan fingerprint density at radius 3 is 2.36 bits per heavy atom. The highest BCUT2D eigenvalue weighted by atomic mass is 127. The molecule has 0 spiro atoms. The summed E-state index contributed by atoms with van der Waals surface area (Å²) in [6.07, 6.45) is -4.40. The third kappa shape index (κ3) is 2.44. The monoisotopic (exact) mass is 336 g/mol. The first-order chi connectivity index (χ1) is 6.36. The van der Waals surface area contributed by atoms with Gasteiger partial charge in [-0.05, 0) is 34.7 Å². The Morgan fingerprint density at radius 1 is 1.36 bits per heavy atom. The summed E-state index contributed by atoms with van der Waals surface area (Å²) in [7, 11) is 1.30. The van der Waals surface area contributed by atoms with Gasteiger partial charge in [0.1, 0.15) is 5.75 Å². The van der Waals surface area contributed by atoms with Crippen LogP contribution in [0.1, 0.15) is 5.56 Å². The van der Waals surface area contributed by atoms with E-state index in [1.165, 1.54) is 7.11 Å². The molecule has 0 fully saturated rings. The summed E-state index contributed by atoms with van der Waals surface area (Å²) in [6.45, 7) is 0. The van der Waals surface area contributed by atoms with Crippen molar-refractivity contribution < 1.29 is 17.9 Å². The lowest BCUT2D eigenvalue weighted by Crippen LogP contribution is -2.05. The largest absolute Gasteiger partial charge is 0.496 e. The summed E-state index contributed by atoms with van der Waals surface area (Å²) in [5.41, 5.74) is -0.806. The third-order valence-corrected chi connectivity index (χ3v) is 3.27. The molecule has 14 heavy (non-hydrogen) atoms. The number of rotatable bonds is 1. The predicted octanol–water partition coefficient (Wildman–Crippen LogP) is 3.97. The number of methoxy groups -OCH3 is 1. The Hall–Kier alpha value is -0.170. The van der Waals surface area contributed by atoms with Crippen molar-refractivity contribution in [2.45, 2.75) is 6.18 Å². The van der Waals surface area contributed by atoms with E-state index in [1.54, 1.807) is 0 Å². The van der Waals surface area contributed by atoms with E-state index in [4.69, 9.17) is 16.3 Å². The minimum Gasteiger partial charge on any atom is -0.496 e. The standard InChI is InChI=1S/C8H5ClF3IO/c1-14-6-3-4(8(10,11)12)2-5(9)7(6)13/h2-3H,1H3. The minimum atomic E-state index is -4.40. The Bertz CT molecular complexity index is 351. The van der Waals surface area contributed by atoms with Crippen molar-refractivity contribution in [3.05, 3.63) is 26.3 Å². The van der Waals surface area contributed by atoms with Gasteiger partial charge in [0.25, 0.3) is 0 Å². The first-order valence-electron chi connectivity index (χ1n) is 3.46. The van der Waals surface area contributed by atoms with Crippen LogP contribution >= 0.6 is 34.2 Å². The number of halogens is 5. The molecule has 0 amide bonds. The third-order valence-electron chi connectivity index (χ3n) is 1.54. The Kier molecular flexibility index (Phi) is 3.52.